The lowest BCUT2D eigenvalue weighted by atomic mass is 10.1. The van der Waals surface area contributed by atoms with Crippen LogP contribution in [0.3, 0.4) is 0 Å². The topological polar surface area (TPSA) is 105 Å². The van der Waals surface area contributed by atoms with Gasteiger partial charge in [0.1, 0.15) is 0 Å². The number of carbonyl (C=O) groups excluding carboxylic acids is 3. The molecule has 3 amide bonds. The highest BCUT2D eigenvalue weighted by molar-refractivity contribution is 7.99. The smallest absolute Gasteiger partial charge is 0.322 e. The Kier molecular flexibility index (Phi) is 6.36. The molecule has 0 radical (unpaired) electrons. The molecule has 164 valence electrons. The third-order valence-electron chi connectivity index (χ3n) is 4.78. The average Bonchev–Trinajstić information content (AvgIpc) is 3.34. The van der Waals surface area contributed by atoms with Crippen LogP contribution < -0.4 is 10.2 Å². The minimum absolute atomic E-state index is 0.00552. The predicted molar refractivity (Wildman–Crippen MR) is 121 cm³/mol. The summed E-state index contributed by atoms with van der Waals surface area (Å²) in [7, 11) is 0. The molecule has 1 aliphatic heterocycles. The Morgan fingerprint density at radius 1 is 1.03 bits per heavy atom. The van der Waals surface area contributed by atoms with Gasteiger partial charge in [0.2, 0.25) is 17.7 Å². The van der Waals surface area contributed by atoms with E-state index in [1.807, 2.05) is 12.1 Å². The first-order valence-corrected chi connectivity index (χ1v) is 11.1. The molecule has 8 nitrogen and oxygen atoms in total. The van der Waals surface area contributed by atoms with Gasteiger partial charge in [-0.2, -0.15) is 0 Å². The molecule has 1 N–H and O–H groups in total. The maximum absolute atomic E-state index is 12.5. The number of nitrogens with one attached hydrogen (secondary N) is 1. The van der Waals surface area contributed by atoms with Crippen molar-refractivity contribution in [2.45, 2.75) is 43.3 Å². The molecule has 1 saturated heterocycles. The largest absolute Gasteiger partial charge is 0.407 e. The Bertz CT molecular complexity index is 1120. The molecule has 0 saturated carbocycles. The maximum Gasteiger partial charge on any atom is 0.322 e. The van der Waals surface area contributed by atoms with Gasteiger partial charge in [0, 0.05) is 28.6 Å². The molecule has 3 aromatic rings. The molecule has 0 spiro atoms. The molecule has 0 aliphatic carbocycles. The highest BCUT2D eigenvalue weighted by Gasteiger charge is 2.30. The van der Waals surface area contributed by atoms with E-state index in [0.29, 0.717) is 28.8 Å². The van der Waals surface area contributed by atoms with Crippen molar-refractivity contribution in [3.05, 3.63) is 65.5 Å². The van der Waals surface area contributed by atoms with E-state index in [-0.39, 0.29) is 30.7 Å². The summed E-state index contributed by atoms with van der Waals surface area (Å²) < 4.78 is 5.55. The molecule has 1 aromatic heterocycles. The molecule has 32 heavy (non-hydrogen) atoms. The molecule has 9 heteroatoms. The number of anilines is 2. The maximum atomic E-state index is 12.5. The number of thioether (sulfide) groups is 1. The zero-order valence-electron chi connectivity index (χ0n) is 17.7. The molecule has 2 aromatic carbocycles. The monoisotopic (exact) mass is 450 g/mol. The summed E-state index contributed by atoms with van der Waals surface area (Å²) >= 11 is 1.80. The molecular formula is C23H22N4O4S. The Hall–Kier alpha value is -3.46. The van der Waals surface area contributed by atoms with Gasteiger partial charge in [-0.05, 0) is 42.0 Å². The van der Waals surface area contributed by atoms with Gasteiger partial charge < -0.3 is 4.42 Å². The van der Waals surface area contributed by atoms with Crippen LogP contribution in [0.15, 0.2) is 57.8 Å². The molecule has 4 rings (SSSR count). The van der Waals surface area contributed by atoms with Crippen molar-refractivity contribution in [3.8, 4) is 0 Å². The van der Waals surface area contributed by atoms with Gasteiger partial charge in [0.25, 0.3) is 5.91 Å². The van der Waals surface area contributed by atoms with Crippen LogP contribution >= 0.6 is 11.8 Å². The zero-order valence-corrected chi connectivity index (χ0v) is 18.5. The fourth-order valence-electron chi connectivity index (χ4n) is 3.30. The molecule has 1 aliphatic rings. The van der Waals surface area contributed by atoms with Gasteiger partial charge in [0.15, 0.2) is 0 Å². The van der Waals surface area contributed by atoms with Gasteiger partial charge in [-0.15, -0.1) is 16.9 Å². The normalized spacial score (nSPS) is 13.8. The first-order chi connectivity index (χ1) is 15.4. The molecule has 0 bridgehead atoms. The predicted octanol–water partition coefficient (Wildman–Crippen LogP) is 4.07. The third-order valence-corrected chi connectivity index (χ3v) is 5.79. The molecule has 0 atom stereocenters. The van der Waals surface area contributed by atoms with Gasteiger partial charge in [-0.1, -0.05) is 31.1 Å². The number of hydrogen-bond acceptors (Lipinski definition) is 7. The summed E-state index contributed by atoms with van der Waals surface area (Å²) in [6.45, 7) is 4.30. The van der Waals surface area contributed by atoms with E-state index in [0.717, 1.165) is 10.5 Å². The second-order valence-electron chi connectivity index (χ2n) is 7.61. The number of nitrogens with zero attached hydrogens (tertiary/aromatic N) is 3. The van der Waals surface area contributed by atoms with E-state index in [1.165, 1.54) is 17.0 Å². The lowest BCUT2D eigenvalue weighted by molar-refractivity contribution is -0.121. The van der Waals surface area contributed by atoms with Crippen molar-refractivity contribution in [2.24, 2.45) is 0 Å². The van der Waals surface area contributed by atoms with Crippen LogP contribution in [0.25, 0.3) is 0 Å². The van der Waals surface area contributed by atoms with Crippen molar-refractivity contribution < 1.29 is 18.8 Å². The summed E-state index contributed by atoms with van der Waals surface area (Å²) in [6.07, 6.45) is 0.880. The van der Waals surface area contributed by atoms with E-state index >= 15 is 0 Å². The molecule has 2 heterocycles. The highest BCUT2D eigenvalue weighted by Crippen LogP contribution is 2.24. The molecule has 1 fully saturated rings. The number of hydrogen-bond donors (Lipinski definition) is 1. The number of carbonyl (C=O) groups is 3. The van der Waals surface area contributed by atoms with E-state index in [4.69, 9.17) is 4.42 Å². The lowest BCUT2D eigenvalue weighted by Crippen LogP contribution is -2.28. The van der Waals surface area contributed by atoms with Crippen LogP contribution in [0.4, 0.5) is 11.7 Å². The van der Waals surface area contributed by atoms with Crippen LogP contribution in [-0.4, -0.2) is 33.2 Å². The first-order valence-electron chi connectivity index (χ1n) is 10.2. The molecular weight excluding hydrogens is 428 g/mol. The summed E-state index contributed by atoms with van der Waals surface area (Å²) in [5, 5.41) is 11.0. The highest BCUT2D eigenvalue weighted by atomic mass is 32.2. The Labute approximate surface area is 189 Å². The number of rotatable bonds is 7. The Morgan fingerprint density at radius 2 is 1.69 bits per heavy atom. The lowest BCUT2D eigenvalue weighted by Gasteiger charge is -2.13. The van der Waals surface area contributed by atoms with Crippen molar-refractivity contribution in [1.82, 2.24) is 10.2 Å². The van der Waals surface area contributed by atoms with E-state index in [2.05, 4.69) is 41.5 Å². The Balaban J connectivity index is 1.36. The number of imide groups is 1. The molecule has 0 unspecified atom stereocenters. The summed E-state index contributed by atoms with van der Waals surface area (Å²) in [5.41, 5.74) is 1.82. The SMILES string of the molecule is CC(C)Sc1ccc(Cc2nnc(NC(=O)c3ccc(N4C(=O)CCC4=O)cc3)o2)cc1. The first kappa shape index (κ1) is 21.8. The van der Waals surface area contributed by atoms with E-state index in [9.17, 15) is 14.4 Å². The van der Waals surface area contributed by atoms with E-state index < -0.39 is 5.91 Å². The summed E-state index contributed by atoms with van der Waals surface area (Å²) in [5.74, 6) is -0.510. The van der Waals surface area contributed by atoms with Crippen molar-refractivity contribution in [3.63, 3.8) is 0 Å². The quantitative estimate of drug-likeness (QED) is 0.427. The van der Waals surface area contributed by atoms with Crippen LogP contribution in [0, 0.1) is 0 Å². The number of aromatic nitrogens is 2. The fraction of sp³-hybridized carbons (Fsp3) is 0.261. The van der Waals surface area contributed by atoms with Crippen LogP contribution in [0.5, 0.6) is 0 Å². The van der Waals surface area contributed by atoms with E-state index in [1.54, 1.807) is 23.9 Å². The van der Waals surface area contributed by atoms with Crippen molar-refractivity contribution in [1.29, 1.82) is 0 Å². The minimum atomic E-state index is -0.430. The minimum Gasteiger partial charge on any atom is -0.407 e. The van der Waals surface area contributed by atoms with Crippen LogP contribution in [-0.2, 0) is 16.0 Å². The van der Waals surface area contributed by atoms with Gasteiger partial charge in [0.05, 0.1) is 12.1 Å². The number of amides is 3. The standard InChI is InChI=1S/C23H22N4O4S/c1-14(2)32-18-9-3-15(4-10-18)13-19-25-26-23(31-19)24-22(30)16-5-7-17(8-6-16)27-20(28)11-12-21(27)29/h3-10,14H,11-13H2,1-2H3,(H,24,26,30). The van der Waals surface area contributed by atoms with Gasteiger partial charge >= 0.3 is 6.01 Å². The van der Waals surface area contributed by atoms with Crippen LogP contribution in [0.2, 0.25) is 0 Å². The van der Waals surface area contributed by atoms with Crippen LogP contribution in [0.1, 0.15) is 48.5 Å². The van der Waals surface area contributed by atoms with Gasteiger partial charge in [-0.3, -0.25) is 24.6 Å². The zero-order chi connectivity index (χ0) is 22.7. The van der Waals surface area contributed by atoms with Gasteiger partial charge in [-0.25, -0.2) is 0 Å². The average molecular weight is 451 g/mol. The van der Waals surface area contributed by atoms with Crippen molar-refractivity contribution >= 4 is 41.2 Å². The Morgan fingerprint density at radius 3 is 2.31 bits per heavy atom. The second kappa shape index (κ2) is 9.35. The second-order valence-corrected chi connectivity index (χ2v) is 9.26. The number of benzene rings is 2. The summed E-state index contributed by atoms with van der Waals surface area (Å²) in [6, 6.07) is 14.4. The summed E-state index contributed by atoms with van der Waals surface area (Å²) in [4.78, 5) is 38.5. The van der Waals surface area contributed by atoms with Crippen molar-refractivity contribution in [2.75, 3.05) is 10.2 Å². The fourth-order valence-corrected chi connectivity index (χ4v) is 4.14. The third kappa shape index (κ3) is 5.05.